The molecule has 4 rings (SSSR count). The average molecular weight is 248 g/mol. The predicted octanol–water partition coefficient (Wildman–Crippen LogP) is 2.11. The van der Waals surface area contributed by atoms with Gasteiger partial charge >= 0.3 is 0 Å². The lowest BCUT2D eigenvalue weighted by Gasteiger charge is -2.46. The minimum absolute atomic E-state index is 0.264. The molecule has 3 nitrogen and oxygen atoms in total. The molecule has 0 spiro atoms. The van der Waals surface area contributed by atoms with Crippen LogP contribution in [0, 0.1) is 5.92 Å². The summed E-state index contributed by atoms with van der Waals surface area (Å²) in [5.74, 6) is -0.179. The number of rotatable bonds is 2. The molecule has 1 atom stereocenters. The molecule has 3 aliphatic rings. The third-order valence-electron chi connectivity index (χ3n) is 4.13. The van der Waals surface area contributed by atoms with Crippen LogP contribution in [0.2, 0.25) is 0 Å². The second-order valence-electron chi connectivity index (χ2n) is 5.19. The van der Waals surface area contributed by atoms with Gasteiger partial charge in [-0.15, -0.1) is 0 Å². The van der Waals surface area contributed by atoms with E-state index in [1.54, 1.807) is 24.3 Å². The van der Waals surface area contributed by atoms with Crippen molar-refractivity contribution in [3.8, 4) is 0 Å². The van der Waals surface area contributed by atoms with Crippen molar-refractivity contribution in [2.24, 2.45) is 5.92 Å². The summed E-state index contributed by atoms with van der Waals surface area (Å²) in [7, 11) is 0. The summed E-state index contributed by atoms with van der Waals surface area (Å²) in [6.07, 6.45) is 2.01. The van der Waals surface area contributed by atoms with Crippen LogP contribution in [0.1, 0.15) is 23.2 Å². The van der Waals surface area contributed by atoms with Crippen LogP contribution in [0.3, 0.4) is 0 Å². The number of carbonyl (C=O) groups excluding carboxylic acids is 1. The zero-order valence-corrected chi connectivity index (χ0v) is 10.3. The first-order valence-corrected chi connectivity index (χ1v) is 6.52. The molecule has 3 heterocycles. The molecule has 3 aliphatic heterocycles. The van der Waals surface area contributed by atoms with Crippen LogP contribution < -0.4 is 0 Å². The summed E-state index contributed by atoms with van der Waals surface area (Å²) >= 11 is 0. The van der Waals surface area contributed by atoms with Crippen molar-refractivity contribution in [3.05, 3.63) is 35.9 Å². The fraction of sp³-hybridized carbons (Fsp3) is 0.500. The van der Waals surface area contributed by atoms with Crippen LogP contribution >= 0.6 is 0 Å². The van der Waals surface area contributed by atoms with E-state index in [0.717, 1.165) is 25.9 Å². The highest BCUT2D eigenvalue weighted by Crippen LogP contribution is 2.31. The maximum atomic E-state index is 14.3. The summed E-state index contributed by atoms with van der Waals surface area (Å²) in [6.45, 7) is 2.78. The van der Waals surface area contributed by atoms with E-state index < -0.39 is 5.91 Å². The quantitative estimate of drug-likeness (QED) is 0.748. The number of amides is 1. The van der Waals surface area contributed by atoms with E-state index in [1.807, 2.05) is 6.07 Å². The minimum Gasteiger partial charge on any atom is -0.301 e. The van der Waals surface area contributed by atoms with Gasteiger partial charge in [-0.25, -0.2) is 0 Å². The van der Waals surface area contributed by atoms with E-state index in [-0.39, 0.29) is 6.04 Å². The molecule has 4 heteroatoms. The molecule has 0 saturated carbocycles. The fourth-order valence-electron chi connectivity index (χ4n) is 3.05. The molecule has 3 saturated heterocycles. The Morgan fingerprint density at radius 3 is 2.44 bits per heavy atom. The fourth-order valence-corrected chi connectivity index (χ4v) is 3.05. The highest BCUT2D eigenvalue weighted by Gasteiger charge is 2.40. The molecule has 0 N–H and O–H groups in total. The Morgan fingerprint density at radius 1 is 1.22 bits per heavy atom. The van der Waals surface area contributed by atoms with Crippen LogP contribution in [0.15, 0.2) is 30.3 Å². The first-order valence-electron chi connectivity index (χ1n) is 6.52. The maximum absolute atomic E-state index is 14.3. The Bertz CT molecular complexity index is 429. The van der Waals surface area contributed by atoms with Crippen molar-refractivity contribution in [1.29, 1.82) is 0 Å². The molecule has 0 aliphatic carbocycles. The number of hydrogen-bond donors (Lipinski definition) is 0. The Labute approximate surface area is 106 Å². The molecule has 18 heavy (non-hydrogen) atoms. The van der Waals surface area contributed by atoms with Gasteiger partial charge in [0.2, 0.25) is 0 Å². The van der Waals surface area contributed by atoms with Crippen LogP contribution in [0.4, 0.5) is 4.48 Å². The lowest BCUT2D eigenvalue weighted by atomic mass is 9.84. The average Bonchev–Trinajstić information content (AvgIpc) is 2.48. The van der Waals surface area contributed by atoms with Gasteiger partial charge in [-0.1, -0.05) is 22.7 Å². The van der Waals surface area contributed by atoms with Gasteiger partial charge in [0.1, 0.15) is 0 Å². The highest BCUT2D eigenvalue weighted by atomic mass is 19.2. The van der Waals surface area contributed by atoms with Crippen LogP contribution in [0.25, 0.3) is 0 Å². The zero-order valence-electron chi connectivity index (χ0n) is 10.3. The van der Waals surface area contributed by atoms with Crippen molar-refractivity contribution in [2.75, 3.05) is 19.6 Å². The summed E-state index contributed by atoms with van der Waals surface area (Å²) in [6, 6.07) is 8.41. The molecular formula is C14H17FN2O. The molecular weight excluding hydrogens is 231 g/mol. The third kappa shape index (κ3) is 2.01. The summed E-state index contributed by atoms with van der Waals surface area (Å²) in [5.41, 5.74) is 0.427. The standard InChI is InChI=1S/C14H17FN2O/c15-17(14(18)12-4-2-1-3-5-12)13-10-16-8-6-11(13)7-9-16/h1-5,11,13H,6-10H2. The van der Waals surface area contributed by atoms with E-state index in [0.29, 0.717) is 23.1 Å². The van der Waals surface area contributed by atoms with Gasteiger partial charge < -0.3 is 4.90 Å². The number of hydrogen-bond acceptors (Lipinski definition) is 2. The smallest absolute Gasteiger partial charge is 0.281 e. The van der Waals surface area contributed by atoms with Crippen molar-refractivity contribution in [2.45, 2.75) is 18.9 Å². The number of halogens is 1. The van der Waals surface area contributed by atoms with Crippen LogP contribution in [-0.2, 0) is 0 Å². The van der Waals surface area contributed by atoms with E-state index in [4.69, 9.17) is 0 Å². The zero-order chi connectivity index (χ0) is 12.5. The summed E-state index contributed by atoms with van der Waals surface area (Å²) < 4.78 is 14.3. The second kappa shape index (κ2) is 4.69. The predicted molar refractivity (Wildman–Crippen MR) is 66.7 cm³/mol. The number of carbonyl (C=O) groups is 1. The van der Waals surface area contributed by atoms with Crippen LogP contribution in [0.5, 0.6) is 0 Å². The Morgan fingerprint density at radius 2 is 1.89 bits per heavy atom. The summed E-state index contributed by atoms with van der Waals surface area (Å²) in [4.78, 5) is 14.3. The third-order valence-corrected chi connectivity index (χ3v) is 4.13. The maximum Gasteiger partial charge on any atom is 0.281 e. The topological polar surface area (TPSA) is 23.6 Å². The molecule has 96 valence electrons. The monoisotopic (exact) mass is 248 g/mol. The molecule has 3 fully saturated rings. The molecule has 1 aromatic carbocycles. The van der Waals surface area contributed by atoms with Crippen molar-refractivity contribution in [1.82, 2.24) is 10.0 Å². The summed E-state index contributed by atoms with van der Waals surface area (Å²) in [5, 5.41) is 0.464. The Hall–Kier alpha value is -1.42. The normalized spacial score (nSPS) is 30.2. The molecule has 1 aromatic rings. The van der Waals surface area contributed by atoms with E-state index in [2.05, 4.69) is 4.90 Å². The largest absolute Gasteiger partial charge is 0.301 e. The first kappa shape index (κ1) is 11.7. The highest BCUT2D eigenvalue weighted by molar-refractivity contribution is 5.93. The van der Waals surface area contributed by atoms with Crippen molar-refractivity contribution >= 4 is 5.91 Å². The van der Waals surface area contributed by atoms with Gasteiger partial charge in [-0.3, -0.25) is 4.79 Å². The molecule has 1 amide bonds. The van der Waals surface area contributed by atoms with Gasteiger partial charge in [0.25, 0.3) is 5.91 Å². The van der Waals surface area contributed by atoms with Gasteiger partial charge in [-0.05, 0) is 44.0 Å². The van der Waals surface area contributed by atoms with Gasteiger partial charge in [-0.2, -0.15) is 5.12 Å². The van der Waals surface area contributed by atoms with Gasteiger partial charge in [0.05, 0.1) is 6.04 Å². The second-order valence-corrected chi connectivity index (χ2v) is 5.19. The van der Waals surface area contributed by atoms with Gasteiger partial charge in [0.15, 0.2) is 0 Å². The molecule has 0 aromatic heterocycles. The van der Waals surface area contributed by atoms with Crippen molar-refractivity contribution in [3.63, 3.8) is 0 Å². The van der Waals surface area contributed by atoms with Gasteiger partial charge in [0, 0.05) is 12.1 Å². The number of piperidine rings is 3. The number of benzene rings is 1. The SMILES string of the molecule is O=C(c1ccccc1)N(F)C1CN2CCC1CC2. The van der Waals surface area contributed by atoms with E-state index in [1.165, 1.54) is 0 Å². The Balaban J connectivity index is 1.75. The lowest BCUT2D eigenvalue weighted by molar-refractivity contribution is -0.0692. The number of fused-ring (bicyclic) bond motifs is 3. The van der Waals surface area contributed by atoms with E-state index >= 15 is 0 Å². The van der Waals surface area contributed by atoms with Crippen LogP contribution in [-0.4, -0.2) is 41.6 Å². The van der Waals surface area contributed by atoms with Crippen molar-refractivity contribution < 1.29 is 9.28 Å². The lowest BCUT2D eigenvalue weighted by Crippen LogP contribution is -2.56. The molecule has 1 unspecified atom stereocenters. The molecule has 0 radical (unpaired) electrons. The molecule has 2 bridgehead atoms. The van der Waals surface area contributed by atoms with E-state index in [9.17, 15) is 9.28 Å². The first-order chi connectivity index (χ1) is 8.75. The number of nitrogens with zero attached hydrogens (tertiary/aromatic N) is 2. The Kier molecular flexibility index (Phi) is 3.04. The minimum atomic E-state index is -0.505.